The fraction of sp³-hybridized carbons (Fsp3) is 0.529. The first-order chi connectivity index (χ1) is 10.7. The number of fused-ring (bicyclic) bond motifs is 1. The molecule has 1 atom stereocenters. The molecular formula is C17H22N2O3. The van der Waals surface area contributed by atoms with E-state index in [1.807, 2.05) is 29.2 Å². The van der Waals surface area contributed by atoms with Crippen molar-refractivity contribution >= 4 is 12.0 Å². The Morgan fingerprint density at radius 1 is 1.00 bits per heavy atom. The molecule has 3 rings (SSSR count). The maximum absolute atomic E-state index is 12.9. The largest absolute Gasteiger partial charge is 0.465 e. The Morgan fingerprint density at radius 3 is 2.27 bits per heavy atom. The highest BCUT2D eigenvalue weighted by Gasteiger charge is 2.36. The first-order valence-electron chi connectivity index (χ1n) is 8.02. The summed E-state index contributed by atoms with van der Waals surface area (Å²) in [7, 11) is 0. The van der Waals surface area contributed by atoms with Crippen molar-refractivity contribution < 1.29 is 14.7 Å². The molecule has 2 aliphatic rings. The number of amides is 2. The second-order valence-electron chi connectivity index (χ2n) is 6.14. The molecule has 5 nitrogen and oxygen atoms in total. The number of carboxylic acid groups (broad SMARTS) is 1. The van der Waals surface area contributed by atoms with Crippen LogP contribution in [0.25, 0.3) is 0 Å². The molecule has 1 aromatic rings. The minimum absolute atomic E-state index is 0.0289. The standard InChI is InChI=1S/C17H22N2O3/c20-16(18-9-5-1-2-6-10-18)15-11-13-7-3-4-8-14(13)12-19(15)17(21)22/h3-4,7-8,15H,1-2,5-6,9-12H2,(H,21,22)/t15-/m0/s1. The summed E-state index contributed by atoms with van der Waals surface area (Å²) in [5, 5.41) is 9.49. The van der Waals surface area contributed by atoms with Crippen LogP contribution < -0.4 is 0 Å². The Kier molecular flexibility index (Phi) is 4.32. The SMILES string of the molecule is O=C([C@@H]1Cc2ccccc2CN1C(=O)O)N1CCCCCC1. The lowest BCUT2D eigenvalue weighted by atomic mass is 9.93. The van der Waals surface area contributed by atoms with Gasteiger partial charge in [-0.05, 0) is 24.0 Å². The van der Waals surface area contributed by atoms with Crippen LogP contribution >= 0.6 is 0 Å². The fourth-order valence-electron chi connectivity index (χ4n) is 3.45. The average molecular weight is 302 g/mol. The number of benzene rings is 1. The second kappa shape index (κ2) is 6.38. The van der Waals surface area contributed by atoms with Crippen molar-refractivity contribution in [2.45, 2.75) is 44.7 Å². The van der Waals surface area contributed by atoms with Crippen LogP contribution in [0.15, 0.2) is 24.3 Å². The summed E-state index contributed by atoms with van der Waals surface area (Å²) in [5.41, 5.74) is 2.10. The van der Waals surface area contributed by atoms with Crippen molar-refractivity contribution in [3.05, 3.63) is 35.4 Å². The fourth-order valence-corrected chi connectivity index (χ4v) is 3.45. The summed E-state index contributed by atoms with van der Waals surface area (Å²) in [6.07, 6.45) is 3.81. The number of rotatable bonds is 1. The van der Waals surface area contributed by atoms with Crippen LogP contribution in [0.5, 0.6) is 0 Å². The zero-order valence-corrected chi connectivity index (χ0v) is 12.7. The molecule has 1 saturated heterocycles. The van der Waals surface area contributed by atoms with E-state index in [4.69, 9.17) is 0 Å². The second-order valence-corrected chi connectivity index (χ2v) is 6.14. The number of carbonyl (C=O) groups is 2. The molecule has 0 bridgehead atoms. The zero-order chi connectivity index (χ0) is 15.5. The van der Waals surface area contributed by atoms with Gasteiger partial charge in [-0.15, -0.1) is 0 Å². The van der Waals surface area contributed by atoms with E-state index >= 15 is 0 Å². The molecule has 0 aromatic heterocycles. The molecule has 2 aliphatic heterocycles. The first-order valence-corrected chi connectivity index (χ1v) is 8.02. The summed E-state index contributed by atoms with van der Waals surface area (Å²) < 4.78 is 0. The molecule has 0 saturated carbocycles. The lowest BCUT2D eigenvalue weighted by molar-refractivity contribution is -0.136. The Morgan fingerprint density at radius 2 is 1.64 bits per heavy atom. The van der Waals surface area contributed by atoms with Gasteiger partial charge in [0.1, 0.15) is 6.04 Å². The lowest BCUT2D eigenvalue weighted by Crippen LogP contribution is -2.53. The van der Waals surface area contributed by atoms with Crippen LogP contribution in [0.3, 0.4) is 0 Å². The Balaban J connectivity index is 1.83. The highest BCUT2D eigenvalue weighted by Crippen LogP contribution is 2.25. The number of nitrogens with zero attached hydrogens (tertiary/aromatic N) is 2. The van der Waals surface area contributed by atoms with Gasteiger partial charge in [-0.2, -0.15) is 0 Å². The lowest BCUT2D eigenvalue weighted by Gasteiger charge is -2.36. The third-order valence-electron chi connectivity index (χ3n) is 4.70. The third-order valence-corrected chi connectivity index (χ3v) is 4.70. The molecule has 0 spiro atoms. The van der Waals surface area contributed by atoms with Crippen LogP contribution in [0.2, 0.25) is 0 Å². The van der Waals surface area contributed by atoms with Crippen LogP contribution in [-0.2, 0) is 17.8 Å². The van der Waals surface area contributed by atoms with Crippen molar-refractivity contribution in [1.29, 1.82) is 0 Å². The van der Waals surface area contributed by atoms with E-state index in [2.05, 4.69) is 0 Å². The van der Waals surface area contributed by atoms with Crippen molar-refractivity contribution in [2.75, 3.05) is 13.1 Å². The highest BCUT2D eigenvalue weighted by molar-refractivity contribution is 5.86. The molecule has 2 amide bonds. The van der Waals surface area contributed by atoms with Crippen LogP contribution in [-0.4, -0.2) is 46.0 Å². The van der Waals surface area contributed by atoms with E-state index in [0.29, 0.717) is 13.0 Å². The molecule has 0 aliphatic carbocycles. The van der Waals surface area contributed by atoms with E-state index in [9.17, 15) is 14.7 Å². The summed E-state index contributed by atoms with van der Waals surface area (Å²) in [5.74, 6) is -0.0289. The molecule has 1 N–H and O–H groups in total. The smallest absolute Gasteiger partial charge is 0.408 e. The molecule has 0 unspecified atom stereocenters. The Labute approximate surface area is 130 Å². The van der Waals surface area contributed by atoms with Gasteiger partial charge in [-0.3, -0.25) is 9.69 Å². The maximum Gasteiger partial charge on any atom is 0.408 e. The summed E-state index contributed by atoms with van der Waals surface area (Å²) in [6, 6.07) is 7.22. The normalized spacial score (nSPS) is 21.9. The van der Waals surface area contributed by atoms with E-state index in [0.717, 1.165) is 49.9 Å². The van der Waals surface area contributed by atoms with Gasteiger partial charge in [0.05, 0.1) is 6.54 Å². The zero-order valence-electron chi connectivity index (χ0n) is 12.7. The average Bonchev–Trinajstić information content (AvgIpc) is 2.82. The van der Waals surface area contributed by atoms with Crippen molar-refractivity contribution in [3.63, 3.8) is 0 Å². The van der Waals surface area contributed by atoms with Gasteiger partial charge in [0.2, 0.25) is 5.91 Å². The van der Waals surface area contributed by atoms with Crippen LogP contribution in [0, 0.1) is 0 Å². The molecule has 2 heterocycles. The predicted molar refractivity (Wildman–Crippen MR) is 82.5 cm³/mol. The third kappa shape index (κ3) is 2.93. The van der Waals surface area contributed by atoms with E-state index in [-0.39, 0.29) is 5.91 Å². The predicted octanol–water partition coefficient (Wildman–Crippen LogP) is 2.49. The molecule has 22 heavy (non-hydrogen) atoms. The Bertz CT molecular complexity index is 565. The van der Waals surface area contributed by atoms with Gasteiger partial charge in [-0.25, -0.2) is 4.79 Å². The quantitative estimate of drug-likeness (QED) is 0.867. The van der Waals surface area contributed by atoms with E-state index in [1.165, 1.54) is 4.90 Å². The van der Waals surface area contributed by atoms with E-state index < -0.39 is 12.1 Å². The van der Waals surface area contributed by atoms with E-state index in [1.54, 1.807) is 0 Å². The minimum atomic E-state index is -1.01. The molecular weight excluding hydrogens is 280 g/mol. The molecule has 118 valence electrons. The van der Waals surface area contributed by atoms with Crippen molar-refractivity contribution in [2.24, 2.45) is 0 Å². The number of likely N-dealkylation sites (tertiary alicyclic amines) is 1. The van der Waals surface area contributed by atoms with Gasteiger partial charge in [0.15, 0.2) is 0 Å². The Hall–Kier alpha value is -2.04. The number of hydrogen-bond acceptors (Lipinski definition) is 2. The maximum atomic E-state index is 12.9. The summed E-state index contributed by atoms with van der Waals surface area (Å²) in [4.78, 5) is 27.6. The molecule has 5 heteroatoms. The van der Waals surface area contributed by atoms with Crippen molar-refractivity contribution in [1.82, 2.24) is 9.80 Å². The van der Waals surface area contributed by atoms with Crippen LogP contribution in [0.1, 0.15) is 36.8 Å². The number of hydrogen-bond donors (Lipinski definition) is 1. The minimum Gasteiger partial charge on any atom is -0.465 e. The van der Waals surface area contributed by atoms with Crippen LogP contribution in [0.4, 0.5) is 4.79 Å². The number of carbonyl (C=O) groups excluding carboxylic acids is 1. The monoisotopic (exact) mass is 302 g/mol. The first kappa shape index (κ1) is 14.9. The van der Waals surface area contributed by atoms with Gasteiger partial charge < -0.3 is 10.0 Å². The topological polar surface area (TPSA) is 60.9 Å². The van der Waals surface area contributed by atoms with Gasteiger partial charge in [-0.1, -0.05) is 37.1 Å². The highest BCUT2D eigenvalue weighted by atomic mass is 16.4. The van der Waals surface area contributed by atoms with Gasteiger partial charge >= 0.3 is 6.09 Å². The van der Waals surface area contributed by atoms with Gasteiger partial charge in [0.25, 0.3) is 0 Å². The van der Waals surface area contributed by atoms with Crippen molar-refractivity contribution in [3.8, 4) is 0 Å². The molecule has 1 aromatic carbocycles. The molecule has 0 radical (unpaired) electrons. The van der Waals surface area contributed by atoms with Gasteiger partial charge in [0, 0.05) is 19.5 Å². The summed E-state index contributed by atoms with van der Waals surface area (Å²) in [6.45, 7) is 1.81. The summed E-state index contributed by atoms with van der Waals surface area (Å²) >= 11 is 0. The molecule has 1 fully saturated rings.